The first-order chi connectivity index (χ1) is 6.12. The van der Waals surface area contributed by atoms with Gasteiger partial charge in [0.15, 0.2) is 0 Å². The molecule has 0 amide bonds. The van der Waals surface area contributed by atoms with Gasteiger partial charge in [-0.3, -0.25) is 0 Å². The lowest BCUT2D eigenvalue weighted by Gasteiger charge is -2.26. The van der Waals surface area contributed by atoms with E-state index < -0.39 is 9.84 Å². The summed E-state index contributed by atoms with van der Waals surface area (Å²) in [4.78, 5) is 0. The zero-order valence-electron chi connectivity index (χ0n) is 9.34. The van der Waals surface area contributed by atoms with Crippen molar-refractivity contribution in [3.63, 3.8) is 0 Å². The van der Waals surface area contributed by atoms with Crippen LogP contribution in [0, 0.1) is 5.41 Å². The quantitative estimate of drug-likeness (QED) is 0.779. The highest BCUT2D eigenvalue weighted by Gasteiger charge is 2.40. The summed E-state index contributed by atoms with van der Waals surface area (Å²) in [6.07, 6.45) is 4.88. The van der Waals surface area contributed by atoms with Gasteiger partial charge in [-0.2, -0.15) is 0 Å². The maximum Gasteiger partial charge on any atom is 0.147 e. The van der Waals surface area contributed by atoms with E-state index in [2.05, 4.69) is 13.8 Å². The number of nitrogens with two attached hydrogens (primary N) is 1. The Hall–Kier alpha value is -0.0900. The van der Waals surface area contributed by atoms with E-state index in [0.29, 0.717) is 6.42 Å². The predicted octanol–water partition coefficient (Wildman–Crippen LogP) is 1.33. The number of sulfone groups is 1. The molecule has 0 aromatic rings. The van der Waals surface area contributed by atoms with E-state index >= 15 is 0 Å². The molecule has 1 unspecified atom stereocenters. The SMILES string of the molecule is CC1(C)CCC(N)(CCS(C)(=O)=O)C1. The van der Waals surface area contributed by atoms with E-state index in [0.717, 1.165) is 19.3 Å². The molecule has 1 saturated carbocycles. The first kappa shape index (κ1) is 12.0. The number of rotatable bonds is 3. The Balaban J connectivity index is 2.54. The monoisotopic (exact) mass is 219 g/mol. The summed E-state index contributed by atoms with van der Waals surface area (Å²) in [5.74, 6) is 0.222. The van der Waals surface area contributed by atoms with Gasteiger partial charge in [0.2, 0.25) is 0 Å². The Bertz CT molecular complexity index is 308. The maximum absolute atomic E-state index is 11.0. The third-order valence-electron chi connectivity index (χ3n) is 3.10. The average molecular weight is 219 g/mol. The van der Waals surface area contributed by atoms with Crippen LogP contribution >= 0.6 is 0 Å². The minimum absolute atomic E-state index is 0.222. The molecule has 0 aliphatic heterocycles. The molecular formula is C10H21NO2S. The van der Waals surface area contributed by atoms with Crippen molar-refractivity contribution >= 4 is 9.84 Å². The van der Waals surface area contributed by atoms with Crippen molar-refractivity contribution in [2.75, 3.05) is 12.0 Å². The normalized spacial score (nSPS) is 32.0. The Morgan fingerprint density at radius 1 is 1.29 bits per heavy atom. The lowest BCUT2D eigenvalue weighted by atomic mass is 9.87. The molecule has 0 aromatic carbocycles. The van der Waals surface area contributed by atoms with Crippen LogP contribution in [0.25, 0.3) is 0 Å². The van der Waals surface area contributed by atoms with Crippen molar-refractivity contribution in [3.05, 3.63) is 0 Å². The highest BCUT2D eigenvalue weighted by molar-refractivity contribution is 7.90. The van der Waals surface area contributed by atoms with Crippen LogP contribution < -0.4 is 5.73 Å². The molecule has 0 heterocycles. The molecule has 0 saturated heterocycles. The molecule has 1 aliphatic carbocycles. The molecular weight excluding hydrogens is 198 g/mol. The summed E-state index contributed by atoms with van der Waals surface area (Å²) in [5, 5.41) is 0. The third-order valence-corrected chi connectivity index (χ3v) is 4.05. The molecule has 0 aromatic heterocycles. The molecule has 0 bridgehead atoms. The molecule has 1 atom stereocenters. The lowest BCUT2D eigenvalue weighted by molar-refractivity contribution is 0.330. The van der Waals surface area contributed by atoms with Crippen LogP contribution in [0.3, 0.4) is 0 Å². The van der Waals surface area contributed by atoms with E-state index in [9.17, 15) is 8.42 Å². The third kappa shape index (κ3) is 3.58. The van der Waals surface area contributed by atoms with Gasteiger partial charge in [-0.15, -0.1) is 0 Å². The first-order valence-electron chi connectivity index (χ1n) is 5.09. The van der Waals surface area contributed by atoms with Gasteiger partial charge >= 0.3 is 0 Å². The molecule has 2 N–H and O–H groups in total. The van der Waals surface area contributed by atoms with E-state index in [1.165, 1.54) is 6.26 Å². The van der Waals surface area contributed by atoms with E-state index in [1.807, 2.05) is 0 Å². The van der Waals surface area contributed by atoms with Gasteiger partial charge in [0.05, 0.1) is 5.75 Å². The second-order valence-electron chi connectivity index (χ2n) is 5.58. The first-order valence-corrected chi connectivity index (χ1v) is 7.15. The fourth-order valence-electron chi connectivity index (χ4n) is 2.32. The summed E-state index contributed by atoms with van der Waals surface area (Å²) < 4.78 is 22.1. The van der Waals surface area contributed by atoms with Crippen LogP contribution in [-0.4, -0.2) is 26.0 Å². The second-order valence-corrected chi connectivity index (χ2v) is 7.84. The standard InChI is InChI=1S/C10H21NO2S/c1-9(2)4-5-10(11,8-9)6-7-14(3,12)13/h4-8,11H2,1-3H3. The predicted molar refractivity (Wildman–Crippen MR) is 58.9 cm³/mol. The highest BCUT2D eigenvalue weighted by atomic mass is 32.2. The molecule has 1 aliphatic rings. The van der Waals surface area contributed by atoms with Crippen LogP contribution in [0.5, 0.6) is 0 Å². The van der Waals surface area contributed by atoms with Crippen molar-refractivity contribution in [3.8, 4) is 0 Å². The largest absolute Gasteiger partial charge is 0.325 e. The molecule has 1 fully saturated rings. The van der Waals surface area contributed by atoms with Crippen LogP contribution in [-0.2, 0) is 9.84 Å². The summed E-state index contributed by atoms with van der Waals surface area (Å²) in [5.41, 5.74) is 6.22. The molecule has 0 spiro atoms. The van der Waals surface area contributed by atoms with Crippen LogP contribution in [0.2, 0.25) is 0 Å². The summed E-state index contributed by atoms with van der Waals surface area (Å²) in [7, 11) is -2.87. The number of hydrogen-bond acceptors (Lipinski definition) is 3. The molecule has 14 heavy (non-hydrogen) atoms. The fraction of sp³-hybridized carbons (Fsp3) is 1.00. The van der Waals surface area contributed by atoms with E-state index in [-0.39, 0.29) is 16.7 Å². The molecule has 0 radical (unpaired) electrons. The average Bonchev–Trinajstić information content (AvgIpc) is 2.22. The number of hydrogen-bond donors (Lipinski definition) is 1. The minimum Gasteiger partial charge on any atom is -0.325 e. The topological polar surface area (TPSA) is 60.2 Å². The fourth-order valence-corrected chi connectivity index (χ4v) is 3.10. The van der Waals surface area contributed by atoms with Crippen molar-refractivity contribution in [2.45, 2.75) is 45.1 Å². The van der Waals surface area contributed by atoms with Crippen molar-refractivity contribution in [1.82, 2.24) is 0 Å². The maximum atomic E-state index is 11.0. The zero-order valence-corrected chi connectivity index (χ0v) is 10.2. The summed E-state index contributed by atoms with van der Waals surface area (Å²) in [6, 6.07) is 0. The van der Waals surface area contributed by atoms with Crippen LogP contribution in [0.1, 0.15) is 39.5 Å². The minimum atomic E-state index is -2.87. The van der Waals surface area contributed by atoms with Crippen LogP contribution in [0.15, 0.2) is 0 Å². The lowest BCUT2D eigenvalue weighted by Crippen LogP contribution is -2.39. The van der Waals surface area contributed by atoms with Crippen molar-refractivity contribution in [1.29, 1.82) is 0 Å². The Morgan fingerprint density at radius 3 is 2.21 bits per heavy atom. The van der Waals surface area contributed by atoms with Gasteiger partial charge in [-0.1, -0.05) is 13.8 Å². The van der Waals surface area contributed by atoms with E-state index in [4.69, 9.17) is 5.73 Å². The molecule has 3 nitrogen and oxygen atoms in total. The van der Waals surface area contributed by atoms with Gasteiger partial charge in [0.25, 0.3) is 0 Å². The van der Waals surface area contributed by atoms with Gasteiger partial charge in [0.1, 0.15) is 9.84 Å². The van der Waals surface area contributed by atoms with Crippen LogP contribution in [0.4, 0.5) is 0 Å². The highest BCUT2D eigenvalue weighted by Crippen LogP contribution is 2.43. The van der Waals surface area contributed by atoms with E-state index in [1.54, 1.807) is 0 Å². The Kier molecular flexibility index (Phi) is 2.99. The van der Waals surface area contributed by atoms with Gasteiger partial charge in [-0.05, 0) is 31.1 Å². The molecule has 4 heteroatoms. The summed E-state index contributed by atoms with van der Waals surface area (Å²) in [6.45, 7) is 4.39. The zero-order chi connectivity index (χ0) is 11.0. The second kappa shape index (κ2) is 3.49. The van der Waals surface area contributed by atoms with Gasteiger partial charge < -0.3 is 5.73 Å². The van der Waals surface area contributed by atoms with Crippen molar-refractivity contribution in [2.24, 2.45) is 11.1 Å². The molecule has 1 rings (SSSR count). The van der Waals surface area contributed by atoms with Crippen molar-refractivity contribution < 1.29 is 8.42 Å². The van der Waals surface area contributed by atoms with Gasteiger partial charge in [-0.25, -0.2) is 8.42 Å². The van der Waals surface area contributed by atoms with Gasteiger partial charge in [0, 0.05) is 11.8 Å². The molecule has 84 valence electrons. The smallest absolute Gasteiger partial charge is 0.147 e. The summed E-state index contributed by atoms with van der Waals surface area (Å²) >= 11 is 0. The Labute approximate surface area is 87.0 Å². The Morgan fingerprint density at radius 2 is 1.86 bits per heavy atom.